The van der Waals surface area contributed by atoms with E-state index in [1.54, 1.807) is 13.8 Å². The minimum Gasteiger partial charge on any atom is -0.371 e. The maximum atomic E-state index is 13.9. The number of para-hydroxylation sites is 1. The Hall–Kier alpha value is -2.51. The summed E-state index contributed by atoms with van der Waals surface area (Å²) in [4.78, 5) is 7.88. The average molecular weight is 541 g/mol. The maximum absolute atomic E-state index is 13.9. The standard InChI is InChI=1S/C16H22F2N2.C16H21FN2/c17-13-9-14(18)11-15(10-13)20-8-5-16(12-20)3-1-6-19-7-2-4-16;1-11-8-13-12-6-4-5-7-14(12)18-15(13)9-19(11)10-16(2,3)17/h9-11,19H,1-8,12H2;4-7,11,18H,8-10H2,1-3H3. The van der Waals surface area contributed by atoms with E-state index in [1.165, 1.54) is 60.0 Å². The van der Waals surface area contributed by atoms with Gasteiger partial charge in [-0.3, -0.25) is 4.90 Å². The average Bonchev–Trinajstić information content (AvgIpc) is 3.43. The second kappa shape index (κ2) is 11.5. The van der Waals surface area contributed by atoms with Gasteiger partial charge >= 0.3 is 0 Å². The molecule has 3 aromatic rings. The zero-order valence-corrected chi connectivity index (χ0v) is 23.6. The molecule has 3 aliphatic heterocycles. The molecule has 2 saturated heterocycles. The normalized spacial score (nSPS) is 21.8. The molecule has 1 unspecified atom stereocenters. The highest BCUT2D eigenvalue weighted by atomic mass is 19.1. The van der Waals surface area contributed by atoms with Gasteiger partial charge in [0.1, 0.15) is 17.3 Å². The SMILES string of the molecule is CC1Cc2c([nH]c3ccccc23)CN1CC(C)(C)F.Fc1cc(F)cc(N2CCC3(CCCNCCC3)C2)c1. The Morgan fingerprint density at radius 3 is 2.38 bits per heavy atom. The van der Waals surface area contributed by atoms with E-state index < -0.39 is 17.3 Å². The number of anilines is 1. The first-order valence-electron chi connectivity index (χ1n) is 14.5. The van der Waals surface area contributed by atoms with Crippen molar-refractivity contribution >= 4 is 16.6 Å². The molecule has 2 aromatic carbocycles. The van der Waals surface area contributed by atoms with Crippen molar-refractivity contribution in [1.82, 2.24) is 15.2 Å². The van der Waals surface area contributed by atoms with Crippen LogP contribution in [0.4, 0.5) is 18.9 Å². The molecule has 0 aliphatic carbocycles. The summed E-state index contributed by atoms with van der Waals surface area (Å²) in [5.74, 6) is -0.967. The van der Waals surface area contributed by atoms with E-state index in [4.69, 9.17) is 0 Å². The second-order valence-corrected chi connectivity index (χ2v) is 12.6. The van der Waals surface area contributed by atoms with E-state index in [-0.39, 0.29) is 0 Å². The molecule has 212 valence electrons. The minimum absolute atomic E-state index is 0.352. The summed E-state index contributed by atoms with van der Waals surface area (Å²) in [6.07, 6.45) is 6.97. The van der Waals surface area contributed by atoms with Gasteiger partial charge in [-0.15, -0.1) is 0 Å². The van der Waals surface area contributed by atoms with E-state index in [9.17, 15) is 13.2 Å². The summed E-state index contributed by atoms with van der Waals surface area (Å²) in [7, 11) is 0. The van der Waals surface area contributed by atoms with Crippen LogP contribution in [0.3, 0.4) is 0 Å². The fourth-order valence-corrected chi connectivity index (χ4v) is 6.81. The van der Waals surface area contributed by atoms with Crippen LogP contribution >= 0.6 is 0 Å². The summed E-state index contributed by atoms with van der Waals surface area (Å²) in [6.45, 7) is 10.8. The van der Waals surface area contributed by atoms with Crippen molar-refractivity contribution in [2.75, 3.05) is 37.6 Å². The third kappa shape index (κ3) is 6.80. The fraction of sp³-hybridized carbons (Fsp3) is 0.562. The molecule has 0 radical (unpaired) electrons. The number of hydrogen-bond acceptors (Lipinski definition) is 3. The molecule has 2 N–H and O–H groups in total. The Kier molecular flexibility index (Phi) is 8.29. The lowest BCUT2D eigenvalue weighted by Crippen LogP contribution is -2.44. The van der Waals surface area contributed by atoms with Crippen LogP contribution in [0.1, 0.15) is 64.1 Å². The molecule has 1 aromatic heterocycles. The van der Waals surface area contributed by atoms with Gasteiger partial charge < -0.3 is 15.2 Å². The summed E-state index contributed by atoms with van der Waals surface area (Å²) in [5, 5.41) is 4.76. The van der Waals surface area contributed by atoms with Crippen LogP contribution in [0.25, 0.3) is 10.9 Å². The Balaban J connectivity index is 0.000000158. The van der Waals surface area contributed by atoms with Gasteiger partial charge in [0, 0.05) is 60.6 Å². The smallest absolute Gasteiger partial charge is 0.128 e. The van der Waals surface area contributed by atoms with Crippen molar-refractivity contribution in [2.45, 2.75) is 77.6 Å². The summed E-state index contributed by atoms with van der Waals surface area (Å²) in [6, 6.07) is 12.7. The number of halogens is 3. The monoisotopic (exact) mass is 540 g/mol. The van der Waals surface area contributed by atoms with E-state index in [2.05, 4.69) is 51.3 Å². The van der Waals surface area contributed by atoms with Crippen molar-refractivity contribution in [1.29, 1.82) is 0 Å². The van der Waals surface area contributed by atoms with Gasteiger partial charge in [0.25, 0.3) is 0 Å². The molecule has 7 heteroatoms. The Labute approximate surface area is 231 Å². The number of benzene rings is 2. The van der Waals surface area contributed by atoms with Gasteiger partial charge in [-0.25, -0.2) is 13.2 Å². The van der Waals surface area contributed by atoms with Gasteiger partial charge in [-0.2, -0.15) is 0 Å². The predicted octanol–water partition coefficient (Wildman–Crippen LogP) is 6.99. The third-order valence-electron chi connectivity index (χ3n) is 8.74. The first-order valence-corrected chi connectivity index (χ1v) is 14.5. The van der Waals surface area contributed by atoms with Crippen LogP contribution in [0.2, 0.25) is 0 Å². The second-order valence-electron chi connectivity index (χ2n) is 12.6. The zero-order valence-electron chi connectivity index (χ0n) is 23.6. The van der Waals surface area contributed by atoms with E-state index in [0.29, 0.717) is 23.7 Å². The highest BCUT2D eigenvalue weighted by molar-refractivity contribution is 5.84. The van der Waals surface area contributed by atoms with Crippen LogP contribution in [0, 0.1) is 17.0 Å². The van der Waals surface area contributed by atoms with Crippen molar-refractivity contribution in [3.63, 3.8) is 0 Å². The number of hydrogen-bond donors (Lipinski definition) is 2. The Morgan fingerprint density at radius 1 is 1.00 bits per heavy atom. The first-order chi connectivity index (χ1) is 18.6. The minimum atomic E-state index is -1.14. The van der Waals surface area contributed by atoms with Crippen LogP contribution in [-0.4, -0.2) is 54.3 Å². The van der Waals surface area contributed by atoms with E-state index in [0.717, 1.165) is 51.6 Å². The topological polar surface area (TPSA) is 34.3 Å². The molecule has 39 heavy (non-hydrogen) atoms. The number of aromatic amines is 1. The number of H-pyrrole nitrogens is 1. The highest BCUT2D eigenvalue weighted by Gasteiger charge is 2.38. The molecule has 0 amide bonds. The zero-order chi connectivity index (χ0) is 27.6. The summed E-state index contributed by atoms with van der Waals surface area (Å²) < 4.78 is 40.6. The molecular weight excluding hydrogens is 497 g/mol. The van der Waals surface area contributed by atoms with Crippen LogP contribution in [-0.2, 0) is 13.0 Å². The van der Waals surface area contributed by atoms with Gasteiger partial charge in [-0.05, 0) is 102 Å². The lowest BCUT2D eigenvalue weighted by Gasteiger charge is -2.36. The molecule has 3 aliphatic rings. The number of rotatable bonds is 3. The maximum Gasteiger partial charge on any atom is 0.128 e. The molecule has 0 saturated carbocycles. The lowest BCUT2D eigenvalue weighted by molar-refractivity contribution is 0.0853. The van der Waals surface area contributed by atoms with Crippen LogP contribution in [0.15, 0.2) is 42.5 Å². The molecular formula is C32H43F3N4. The number of fused-ring (bicyclic) bond motifs is 3. The summed E-state index contributed by atoms with van der Waals surface area (Å²) >= 11 is 0. The molecule has 4 nitrogen and oxygen atoms in total. The van der Waals surface area contributed by atoms with Crippen LogP contribution < -0.4 is 10.2 Å². The first kappa shape index (κ1) is 28.0. The number of nitrogens with one attached hydrogen (secondary N) is 2. The number of alkyl halides is 1. The highest BCUT2D eigenvalue weighted by Crippen LogP contribution is 2.41. The Bertz CT molecular complexity index is 1240. The van der Waals surface area contributed by atoms with E-state index >= 15 is 0 Å². The summed E-state index contributed by atoms with van der Waals surface area (Å²) in [5.41, 5.74) is 3.77. The molecule has 1 spiro atoms. The fourth-order valence-electron chi connectivity index (χ4n) is 6.81. The van der Waals surface area contributed by atoms with Gasteiger partial charge in [0.2, 0.25) is 0 Å². The van der Waals surface area contributed by atoms with Gasteiger partial charge in [0.05, 0.1) is 0 Å². The van der Waals surface area contributed by atoms with Gasteiger partial charge in [0.15, 0.2) is 0 Å². The van der Waals surface area contributed by atoms with Crippen LogP contribution in [0.5, 0.6) is 0 Å². The van der Waals surface area contributed by atoms with Gasteiger partial charge in [-0.1, -0.05) is 18.2 Å². The molecule has 0 bridgehead atoms. The van der Waals surface area contributed by atoms with Crippen molar-refractivity contribution in [3.05, 3.63) is 65.4 Å². The van der Waals surface area contributed by atoms with E-state index in [1.807, 2.05) is 0 Å². The number of nitrogens with zero attached hydrogens (tertiary/aromatic N) is 2. The lowest BCUT2D eigenvalue weighted by atomic mass is 9.77. The quantitative estimate of drug-likeness (QED) is 0.376. The van der Waals surface area contributed by atoms with Crippen molar-refractivity contribution < 1.29 is 13.2 Å². The largest absolute Gasteiger partial charge is 0.371 e. The molecule has 6 rings (SSSR count). The number of aromatic nitrogens is 1. The third-order valence-corrected chi connectivity index (χ3v) is 8.74. The predicted molar refractivity (Wildman–Crippen MR) is 154 cm³/mol. The molecule has 1 atom stereocenters. The van der Waals surface area contributed by atoms with Crippen molar-refractivity contribution in [3.8, 4) is 0 Å². The Morgan fingerprint density at radius 2 is 1.69 bits per heavy atom. The molecule has 2 fully saturated rings. The van der Waals surface area contributed by atoms with Crippen molar-refractivity contribution in [2.24, 2.45) is 5.41 Å². The molecule has 4 heterocycles.